The quantitative estimate of drug-likeness (QED) is 0.149. The Morgan fingerprint density at radius 3 is 2.46 bits per heavy atom. The van der Waals surface area contributed by atoms with Gasteiger partial charge in [0, 0.05) is 17.8 Å². The molecule has 2 amide bonds. The molecule has 0 atom stereocenters. The van der Waals surface area contributed by atoms with E-state index in [2.05, 4.69) is 24.5 Å². The molecule has 2 aromatic carbocycles. The number of unbranched alkanes of at least 4 members (excludes halogenated alkanes) is 5. The maximum absolute atomic E-state index is 12.3. The minimum Gasteiger partial charge on any atom is -0.493 e. The van der Waals surface area contributed by atoms with Crippen LogP contribution in [0.15, 0.2) is 48.2 Å². The first-order valence-corrected chi connectivity index (χ1v) is 12.4. The second-order valence-corrected chi connectivity index (χ2v) is 8.35. The van der Waals surface area contributed by atoms with Gasteiger partial charge in [0.15, 0.2) is 0 Å². The maximum Gasteiger partial charge on any atom is 0.371 e. The second kappa shape index (κ2) is 15.4. The van der Waals surface area contributed by atoms with E-state index in [0.29, 0.717) is 30.2 Å². The van der Waals surface area contributed by atoms with Gasteiger partial charge in [0.25, 0.3) is 0 Å². The molecular weight excluding hydrogens is 444 g/mol. The monoisotopic (exact) mass is 482 g/mol. The standard InChI is InChI=1S/C28H38N2O5/c1-4-6-8-9-10-16-29-28(33)30-23-13-11-12-22(20-23)24-15-14-21(19-26(34-3)27(31)32)18-25(24)35-17-7-5-2/h11-15,18-20H,4-10,16-17H2,1-3H3,(H,31,32)(H2,29,30,33)/b26-19-. The number of nitrogens with one attached hydrogen (secondary N) is 2. The zero-order chi connectivity index (χ0) is 25.5. The molecule has 7 heteroatoms. The summed E-state index contributed by atoms with van der Waals surface area (Å²) in [7, 11) is 1.33. The van der Waals surface area contributed by atoms with E-state index < -0.39 is 5.97 Å². The average Bonchev–Trinajstić information content (AvgIpc) is 2.85. The predicted molar refractivity (Wildman–Crippen MR) is 141 cm³/mol. The molecule has 7 nitrogen and oxygen atoms in total. The molecule has 0 aliphatic heterocycles. The third-order valence-electron chi connectivity index (χ3n) is 5.49. The van der Waals surface area contributed by atoms with Gasteiger partial charge in [-0.15, -0.1) is 0 Å². The van der Waals surface area contributed by atoms with Gasteiger partial charge in [-0.3, -0.25) is 0 Å². The van der Waals surface area contributed by atoms with Crippen molar-refractivity contribution in [2.45, 2.75) is 58.8 Å². The van der Waals surface area contributed by atoms with Gasteiger partial charge in [0.05, 0.1) is 13.7 Å². The summed E-state index contributed by atoms with van der Waals surface area (Å²) in [5, 5.41) is 15.1. The van der Waals surface area contributed by atoms with E-state index in [4.69, 9.17) is 9.47 Å². The van der Waals surface area contributed by atoms with Crippen LogP contribution in [-0.4, -0.2) is 37.4 Å². The number of amides is 2. The third kappa shape index (κ3) is 9.73. The van der Waals surface area contributed by atoms with Gasteiger partial charge in [-0.1, -0.05) is 70.2 Å². The lowest BCUT2D eigenvalue weighted by atomic mass is 10.0. The molecule has 0 fully saturated rings. The predicted octanol–water partition coefficient (Wildman–Crippen LogP) is 6.70. The zero-order valence-corrected chi connectivity index (χ0v) is 21.1. The number of anilines is 1. The van der Waals surface area contributed by atoms with Crippen molar-refractivity contribution >= 4 is 23.8 Å². The molecule has 2 rings (SSSR count). The number of methoxy groups -OCH3 is 1. The van der Waals surface area contributed by atoms with Crippen molar-refractivity contribution in [1.29, 1.82) is 0 Å². The van der Waals surface area contributed by atoms with Crippen molar-refractivity contribution in [3.63, 3.8) is 0 Å². The summed E-state index contributed by atoms with van der Waals surface area (Å²) in [6, 6.07) is 12.9. The average molecular weight is 483 g/mol. The van der Waals surface area contributed by atoms with Crippen molar-refractivity contribution in [2.24, 2.45) is 0 Å². The highest BCUT2D eigenvalue weighted by Gasteiger charge is 2.12. The minimum absolute atomic E-state index is 0.153. The first-order chi connectivity index (χ1) is 17.0. The normalized spacial score (nSPS) is 11.1. The van der Waals surface area contributed by atoms with Crippen LogP contribution in [0.4, 0.5) is 10.5 Å². The van der Waals surface area contributed by atoms with Crippen molar-refractivity contribution in [1.82, 2.24) is 5.32 Å². The topological polar surface area (TPSA) is 96.9 Å². The Labute approximate surface area is 208 Å². The molecule has 0 saturated carbocycles. The van der Waals surface area contributed by atoms with E-state index in [1.807, 2.05) is 36.4 Å². The number of carbonyl (C=O) groups excluding carboxylic acids is 1. The lowest BCUT2D eigenvalue weighted by Gasteiger charge is -2.14. The number of aliphatic carboxylic acids is 1. The fraction of sp³-hybridized carbons (Fsp3) is 0.429. The third-order valence-corrected chi connectivity index (χ3v) is 5.49. The van der Waals surface area contributed by atoms with Crippen molar-refractivity contribution in [3.05, 3.63) is 53.8 Å². The van der Waals surface area contributed by atoms with Crippen LogP contribution in [-0.2, 0) is 9.53 Å². The van der Waals surface area contributed by atoms with Crippen molar-refractivity contribution in [2.75, 3.05) is 25.6 Å². The van der Waals surface area contributed by atoms with Crippen LogP contribution >= 0.6 is 0 Å². The number of urea groups is 1. The molecule has 0 aliphatic rings. The number of hydrogen-bond acceptors (Lipinski definition) is 4. The molecule has 0 aromatic heterocycles. The molecule has 35 heavy (non-hydrogen) atoms. The maximum atomic E-state index is 12.3. The van der Waals surface area contributed by atoms with Gasteiger partial charge in [-0.2, -0.15) is 0 Å². The van der Waals surface area contributed by atoms with E-state index in [1.165, 1.54) is 32.4 Å². The molecule has 0 saturated heterocycles. The van der Waals surface area contributed by atoms with Crippen LogP contribution in [0.5, 0.6) is 5.75 Å². The minimum atomic E-state index is -1.14. The van der Waals surface area contributed by atoms with E-state index in [1.54, 1.807) is 6.07 Å². The Kier molecular flexibility index (Phi) is 12.2. The van der Waals surface area contributed by atoms with E-state index in [0.717, 1.165) is 36.8 Å². The lowest BCUT2D eigenvalue weighted by Crippen LogP contribution is -2.29. The Hall–Kier alpha value is -3.48. The highest BCUT2D eigenvalue weighted by molar-refractivity contribution is 5.91. The molecule has 2 aromatic rings. The van der Waals surface area contributed by atoms with Gasteiger partial charge < -0.3 is 25.2 Å². The molecule has 0 radical (unpaired) electrons. The molecule has 0 heterocycles. The van der Waals surface area contributed by atoms with Crippen LogP contribution in [0.3, 0.4) is 0 Å². The van der Waals surface area contributed by atoms with Gasteiger partial charge in [-0.25, -0.2) is 9.59 Å². The van der Waals surface area contributed by atoms with E-state index >= 15 is 0 Å². The highest BCUT2D eigenvalue weighted by atomic mass is 16.5. The number of hydrogen-bond donors (Lipinski definition) is 3. The molecule has 190 valence electrons. The fourth-order valence-electron chi connectivity index (χ4n) is 3.54. The number of ether oxygens (including phenoxy) is 2. The number of benzene rings is 2. The number of carboxylic acids is 1. The van der Waals surface area contributed by atoms with Gasteiger partial charge in [0.1, 0.15) is 5.75 Å². The summed E-state index contributed by atoms with van der Waals surface area (Å²) < 4.78 is 11.0. The van der Waals surface area contributed by atoms with Crippen LogP contribution in [0.1, 0.15) is 64.4 Å². The lowest BCUT2D eigenvalue weighted by molar-refractivity contribution is -0.135. The molecule has 0 aliphatic carbocycles. The SMILES string of the molecule is CCCCCCCNC(=O)Nc1cccc(-c2ccc(/C=C(\OC)C(=O)O)cc2OCCCC)c1. The largest absolute Gasteiger partial charge is 0.493 e. The summed E-state index contributed by atoms with van der Waals surface area (Å²) in [4.78, 5) is 23.6. The molecule has 0 spiro atoms. The smallest absolute Gasteiger partial charge is 0.371 e. The number of carboxylic acid groups (broad SMARTS) is 1. The van der Waals surface area contributed by atoms with Gasteiger partial charge in [-0.05, 0) is 48.2 Å². The second-order valence-electron chi connectivity index (χ2n) is 8.35. The molecule has 0 bridgehead atoms. The Bertz CT molecular complexity index is 987. The first kappa shape index (κ1) is 27.8. The Morgan fingerprint density at radius 2 is 1.74 bits per heavy atom. The van der Waals surface area contributed by atoms with Crippen LogP contribution in [0.25, 0.3) is 17.2 Å². The van der Waals surface area contributed by atoms with E-state index in [-0.39, 0.29) is 11.8 Å². The molecule has 0 unspecified atom stereocenters. The summed E-state index contributed by atoms with van der Waals surface area (Å²) in [5.74, 6) is -0.649. The molecular formula is C28H38N2O5. The van der Waals surface area contributed by atoms with Gasteiger partial charge >= 0.3 is 12.0 Å². The molecule has 3 N–H and O–H groups in total. The Balaban J connectivity index is 2.17. The number of rotatable bonds is 15. The fourth-order valence-corrected chi connectivity index (χ4v) is 3.54. The van der Waals surface area contributed by atoms with Crippen molar-refractivity contribution < 1.29 is 24.2 Å². The van der Waals surface area contributed by atoms with Crippen LogP contribution in [0.2, 0.25) is 0 Å². The highest BCUT2D eigenvalue weighted by Crippen LogP contribution is 2.33. The zero-order valence-electron chi connectivity index (χ0n) is 21.1. The summed E-state index contributed by atoms with van der Waals surface area (Å²) in [5.41, 5.74) is 3.08. The Morgan fingerprint density at radius 1 is 0.971 bits per heavy atom. The summed E-state index contributed by atoms with van der Waals surface area (Å²) >= 11 is 0. The number of carbonyl (C=O) groups is 2. The first-order valence-electron chi connectivity index (χ1n) is 12.4. The van der Waals surface area contributed by atoms with Gasteiger partial charge in [0.2, 0.25) is 5.76 Å². The van der Waals surface area contributed by atoms with Crippen LogP contribution in [0, 0.1) is 0 Å². The van der Waals surface area contributed by atoms with Crippen molar-refractivity contribution in [3.8, 4) is 16.9 Å². The van der Waals surface area contributed by atoms with Crippen LogP contribution < -0.4 is 15.4 Å². The summed E-state index contributed by atoms with van der Waals surface area (Å²) in [6.45, 7) is 5.47. The summed E-state index contributed by atoms with van der Waals surface area (Å²) in [6.07, 6.45) is 9.07. The van der Waals surface area contributed by atoms with E-state index in [9.17, 15) is 14.7 Å².